The molecule has 0 saturated heterocycles. The van der Waals surface area contributed by atoms with Crippen LogP contribution < -0.4 is 14.4 Å². The molecule has 30 heavy (non-hydrogen) atoms. The minimum atomic E-state index is 0.397. The van der Waals surface area contributed by atoms with Crippen LogP contribution in [-0.2, 0) is 13.2 Å². The van der Waals surface area contributed by atoms with Crippen LogP contribution in [0.25, 0.3) is 0 Å². The van der Waals surface area contributed by atoms with Gasteiger partial charge in [-0.1, -0.05) is 55.1 Å². The maximum Gasteiger partial charge on any atom is 0.163 e. The van der Waals surface area contributed by atoms with Gasteiger partial charge in [0.25, 0.3) is 0 Å². The fourth-order valence-electron chi connectivity index (χ4n) is 3.19. The number of hydrogen-bond acceptors (Lipinski definition) is 4. The third-order valence-corrected chi connectivity index (χ3v) is 6.24. The molecule has 154 valence electrons. The van der Waals surface area contributed by atoms with E-state index in [4.69, 9.17) is 32.7 Å². The molecule has 0 saturated carbocycles. The standard InChI is InChI=1S/C22H16Br2Cl2N2O2/c1-29-21-6-14-10-27-12-28(17-2-3-18(25)19(26)8-17)20(14)9-22(21)30-11-13-4-15(23)7-16(24)5-13/h2-9,12H,10-11H2,1H3. The molecule has 4 nitrogen and oxygen atoms in total. The van der Waals surface area contributed by atoms with Crippen molar-refractivity contribution < 1.29 is 9.47 Å². The van der Waals surface area contributed by atoms with E-state index >= 15 is 0 Å². The molecule has 1 aliphatic rings. The van der Waals surface area contributed by atoms with Crippen LogP contribution in [0.2, 0.25) is 10.0 Å². The molecule has 1 aliphatic heterocycles. The molecule has 0 bridgehead atoms. The largest absolute Gasteiger partial charge is 0.493 e. The fourth-order valence-corrected chi connectivity index (χ4v) is 4.87. The van der Waals surface area contributed by atoms with Gasteiger partial charge in [-0.2, -0.15) is 0 Å². The summed E-state index contributed by atoms with van der Waals surface area (Å²) in [6.45, 7) is 0.955. The Labute approximate surface area is 201 Å². The zero-order valence-electron chi connectivity index (χ0n) is 15.8. The van der Waals surface area contributed by atoms with Gasteiger partial charge in [0.05, 0.1) is 35.7 Å². The Balaban J connectivity index is 1.68. The highest BCUT2D eigenvalue weighted by Gasteiger charge is 2.20. The van der Waals surface area contributed by atoms with Crippen molar-refractivity contribution in [2.75, 3.05) is 12.0 Å². The van der Waals surface area contributed by atoms with Gasteiger partial charge in [0.2, 0.25) is 0 Å². The summed E-state index contributed by atoms with van der Waals surface area (Å²) < 4.78 is 13.7. The topological polar surface area (TPSA) is 34.1 Å². The summed E-state index contributed by atoms with van der Waals surface area (Å²) in [5, 5.41) is 0.994. The van der Waals surface area contributed by atoms with Gasteiger partial charge in [-0.05, 0) is 48.0 Å². The van der Waals surface area contributed by atoms with Crippen molar-refractivity contribution in [1.29, 1.82) is 0 Å². The molecular formula is C22H16Br2Cl2N2O2. The van der Waals surface area contributed by atoms with Crippen molar-refractivity contribution >= 4 is 72.8 Å². The van der Waals surface area contributed by atoms with Gasteiger partial charge in [-0.15, -0.1) is 0 Å². The zero-order chi connectivity index (χ0) is 21.3. The Morgan fingerprint density at radius 3 is 2.43 bits per heavy atom. The van der Waals surface area contributed by atoms with E-state index in [1.54, 1.807) is 19.5 Å². The summed E-state index contributed by atoms with van der Waals surface area (Å²) in [5.74, 6) is 1.31. The van der Waals surface area contributed by atoms with Crippen LogP contribution in [0.1, 0.15) is 11.1 Å². The Kier molecular flexibility index (Phi) is 6.58. The molecule has 0 N–H and O–H groups in total. The molecule has 0 fully saturated rings. The minimum absolute atomic E-state index is 0.397. The van der Waals surface area contributed by atoms with Gasteiger partial charge in [0.1, 0.15) is 6.61 Å². The van der Waals surface area contributed by atoms with Crippen molar-refractivity contribution in [3.63, 3.8) is 0 Å². The highest BCUT2D eigenvalue weighted by atomic mass is 79.9. The highest BCUT2D eigenvalue weighted by Crippen LogP contribution is 2.41. The number of rotatable bonds is 5. The van der Waals surface area contributed by atoms with Gasteiger partial charge in [-0.25, -0.2) is 0 Å². The summed E-state index contributed by atoms with van der Waals surface area (Å²) in [6, 6.07) is 15.4. The van der Waals surface area contributed by atoms with Gasteiger partial charge in [0.15, 0.2) is 11.5 Å². The van der Waals surface area contributed by atoms with Crippen LogP contribution in [-0.4, -0.2) is 13.4 Å². The van der Waals surface area contributed by atoms with Crippen LogP contribution in [0.5, 0.6) is 11.5 Å². The van der Waals surface area contributed by atoms with Crippen molar-refractivity contribution in [3.8, 4) is 11.5 Å². The monoisotopic (exact) mass is 568 g/mol. The van der Waals surface area contributed by atoms with E-state index in [2.05, 4.69) is 36.9 Å². The number of ether oxygens (including phenoxy) is 2. The Morgan fingerprint density at radius 1 is 0.967 bits per heavy atom. The van der Waals surface area contributed by atoms with Gasteiger partial charge in [-0.3, -0.25) is 4.99 Å². The first-order valence-corrected chi connectivity index (χ1v) is 11.3. The van der Waals surface area contributed by atoms with Crippen LogP contribution in [0.4, 0.5) is 11.4 Å². The number of hydrogen-bond donors (Lipinski definition) is 0. The molecule has 8 heteroatoms. The number of aliphatic imine (C=N–C) groups is 1. The van der Waals surface area contributed by atoms with Crippen LogP contribution >= 0.6 is 55.1 Å². The van der Waals surface area contributed by atoms with E-state index in [-0.39, 0.29) is 0 Å². The second-order valence-electron chi connectivity index (χ2n) is 6.62. The average molecular weight is 571 g/mol. The summed E-state index contributed by atoms with van der Waals surface area (Å²) >= 11 is 19.3. The fraction of sp³-hybridized carbons (Fsp3) is 0.136. The predicted molar refractivity (Wildman–Crippen MR) is 130 cm³/mol. The van der Waals surface area contributed by atoms with E-state index < -0.39 is 0 Å². The smallest absolute Gasteiger partial charge is 0.163 e. The number of benzene rings is 3. The first-order chi connectivity index (χ1) is 14.4. The number of fused-ring (bicyclic) bond motifs is 1. The van der Waals surface area contributed by atoms with Crippen LogP contribution in [0, 0.1) is 0 Å². The Morgan fingerprint density at radius 2 is 1.73 bits per heavy atom. The van der Waals surface area contributed by atoms with Gasteiger partial charge in [0, 0.05) is 26.3 Å². The first kappa shape index (κ1) is 21.5. The number of nitrogens with zero attached hydrogens (tertiary/aromatic N) is 2. The molecule has 0 aromatic heterocycles. The summed E-state index contributed by atoms with van der Waals surface area (Å²) in [4.78, 5) is 6.43. The maximum absolute atomic E-state index is 6.23. The third-order valence-electron chi connectivity index (χ3n) is 4.58. The number of anilines is 2. The minimum Gasteiger partial charge on any atom is -0.493 e. The molecule has 4 rings (SSSR count). The normalized spacial score (nSPS) is 12.6. The number of halogens is 4. The lowest BCUT2D eigenvalue weighted by atomic mass is 10.1. The first-order valence-electron chi connectivity index (χ1n) is 8.97. The molecular weight excluding hydrogens is 555 g/mol. The summed E-state index contributed by atoms with van der Waals surface area (Å²) in [5.41, 5.74) is 3.87. The second kappa shape index (κ2) is 9.18. The van der Waals surface area contributed by atoms with E-state index in [0.29, 0.717) is 34.7 Å². The Bertz CT molecular complexity index is 1120. The van der Waals surface area contributed by atoms with Gasteiger partial charge < -0.3 is 14.4 Å². The quantitative estimate of drug-likeness (QED) is 0.314. The molecule has 3 aromatic carbocycles. The summed E-state index contributed by atoms with van der Waals surface area (Å²) in [7, 11) is 1.63. The van der Waals surface area contributed by atoms with E-state index in [1.807, 2.05) is 47.4 Å². The predicted octanol–water partition coefficient (Wildman–Crippen LogP) is 7.79. The van der Waals surface area contributed by atoms with Crippen molar-refractivity contribution in [2.24, 2.45) is 4.99 Å². The van der Waals surface area contributed by atoms with E-state index in [1.165, 1.54) is 0 Å². The lowest BCUT2D eigenvalue weighted by molar-refractivity contribution is 0.284. The van der Waals surface area contributed by atoms with Crippen molar-refractivity contribution in [2.45, 2.75) is 13.2 Å². The lowest BCUT2D eigenvalue weighted by Gasteiger charge is -2.27. The van der Waals surface area contributed by atoms with Gasteiger partial charge >= 0.3 is 0 Å². The second-order valence-corrected chi connectivity index (χ2v) is 9.27. The summed E-state index contributed by atoms with van der Waals surface area (Å²) in [6.07, 6.45) is 1.78. The van der Waals surface area contributed by atoms with E-state index in [9.17, 15) is 0 Å². The van der Waals surface area contributed by atoms with Crippen LogP contribution in [0.3, 0.4) is 0 Å². The molecule has 0 aliphatic carbocycles. The van der Waals surface area contributed by atoms with Crippen molar-refractivity contribution in [1.82, 2.24) is 0 Å². The van der Waals surface area contributed by atoms with E-state index in [0.717, 1.165) is 31.4 Å². The molecule has 0 radical (unpaired) electrons. The molecule has 0 spiro atoms. The average Bonchev–Trinajstić information content (AvgIpc) is 2.72. The highest BCUT2D eigenvalue weighted by molar-refractivity contribution is 9.11. The zero-order valence-corrected chi connectivity index (χ0v) is 20.5. The molecule has 0 atom stereocenters. The number of methoxy groups -OCH3 is 1. The maximum atomic E-state index is 6.23. The van der Waals surface area contributed by atoms with Crippen molar-refractivity contribution in [3.05, 3.63) is 78.6 Å². The SMILES string of the molecule is COc1cc2c(cc1OCc1cc(Br)cc(Br)c1)N(c1ccc(Cl)c(Cl)c1)C=NC2. The lowest BCUT2D eigenvalue weighted by Crippen LogP contribution is -2.20. The molecule has 0 amide bonds. The molecule has 3 aromatic rings. The molecule has 1 heterocycles. The molecule has 0 unspecified atom stereocenters. The van der Waals surface area contributed by atoms with Crippen LogP contribution in [0.15, 0.2) is 62.5 Å². The third kappa shape index (κ3) is 4.62. The Hall–Kier alpha value is -1.73.